The molecule has 4 heterocycles. The number of ether oxygens (including phenoxy) is 1. The number of hydrogen-bond acceptors (Lipinski definition) is 7. The predicted octanol–water partition coefficient (Wildman–Crippen LogP) is 3.26. The van der Waals surface area contributed by atoms with Gasteiger partial charge in [-0.2, -0.15) is 0 Å². The van der Waals surface area contributed by atoms with Crippen LogP contribution in [0.3, 0.4) is 0 Å². The minimum Gasteiger partial charge on any atom is -0.379 e. The van der Waals surface area contributed by atoms with E-state index in [0.29, 0.717) is 12.1 Å². The van der Waals surface area contributed by atoms with Crippen LogP contribution in [0, 0.1) is 6.92 Å². The summed E-state index contributed by atoms with van der Waals surface area (Å²) in [6.07, 6.45) is 6.38. The van der Waals surface area contributed by atoms with E-state index in [9.17, 15) is 0 Å². The maximum atomic E-state index is 5.52. The standard InChI is InChI=1S/C23H28N8O/c1-14-26-21(30-29-14)15-2-7-19-18(12-15)20-22(24-13-25-23(20)28-19)27-16-3-5-17(6-4-16)31-8-10-32-11-9-31/h2,7,12-13,16-17H,3-6,8-11H2,1H3,(H,26,29,30)(H2,24,25,27,28)/t16-,17-. The van der Waals surface area contributed by atoms with Crippen LogP contribution in [0.2, 0.25) is 0 Å². The van der Waals surface area contributed by atoms with Crippen LogP contribution < -0.4 is 5.32 Å². The van der Waals surface area contributed by atoms with Gasteiger partial charge in [0.1, 0.15) is 23.6 Å². The van der Waals surface area contributed by atoms with Gasteiger partial charge >= 0.3 is 0 Å². The molecule has 4 aromatic rings. The van der Waals surface area contributed by atoms with Crippen LogP contribution in [-0.4, -0.2) is 73.4 Å². The van der Waals surface area contributed by atoms with Gasteiger partial charge in [-0.1, -0.05) is 0 Å². The smallest absolute Gasteiger partial charge is 0.161 e. The van der Waals surface area contributed by atoms with Crippen molar-refractivity contribution in [2.45, 2.75) is 44.7 Å². The number of rotatable bonds is 4. The molecule has 1 aliphatic carbocycles. The van der Waals surface area contributed by atoms with E-state index in [1.165, 1.54) is 12.8 Å². The predicted molar refractivity (Wildman–Crippen MR) is 124 cm³/mol. The van der Waals surface area contributed by atoms with Crippen LogP contribution in [0.25, 0.3) is 33.3 Å². The topological polar surface area (TPSA) is 108 Å². The van der Waals surface area contributed by atoms with E-state index in [4.69, 9.17) is 4.74 Å². The van der Waals surface area contributed by atoms with Crippen molar-refractivity contribution in [1.82, 2.24) is 35.0 Å². The highest BCUT2D eigenvalue weighted by molar-refractivity contribution is 6.12. The summed E-state index contributed by atoms with van der Waals surface area (Å²) in [6.45, 7) is 5.78. The summed E-state index contributed by atoms with van der Waals surface area (Å²) in [5, 5.41) is 14.2. The van der Waals surface area contributed by atoms with Crippen LogP contribution >= 0.6 is 0 Å². The molecule has 3 N–H and O–H groups in total. The van der Waals surface area contributed by atoms with Gasteiger partial charge in [0.15, 0.2) is 5.82 Å². The zero-order valence-corrected chi connectivity index (χ0v) is 18.3. The largest absolute Gasteiger partial charge is 0.379 e. The second kappa shape index (κ2) is 8.14. The molecule has 1 aromatic carbocycles. The van der Waals surface area contributed by atoms with Crippen molar-refractivity contribution < 1.29 is 4.74 Å². The molecule has 2 aliphatic rings. The highest BCUT2D eigenvalue weighted by atomic mass is 16.5. The Morgan fingerprint density at radius 3 is 2.66 bits per heavy atom. The first-order valence-corrected chi connectivity index (χ1v) is 11.5. The van der Waals surface area contributed by atoms with Gasteiger partial charge in [0.25, 0.3) is 0 Å². The van der Waals surface area contributed by atoms with Gasteiger partial charge in [0.05, 0.1) is 18.6 Å². The summed E-state index contributed by atoms with van der Waals surface area (Å²) in [5.41, 5.74) is 2.89. The fraction of sp³-hybridized carbons (Fsp3) is 0.478. The lowest BCUT2D eigenvalue weighted by molar-refractivity contribution is 0.00791. The fourth-order valence-electron chi connectivity index (χ4n) is 5.18. The molecular formula is C23H28N8O. The highest BCUT2D eigenvalue weighted by Gasteiger charge is 2.27. The van der Waals surface area contributed by atoms with Gasteiger partial charge in [-0.3, -0.25) is 4.90 Å². The zero-order valence-electron chi connectivity index (χ0n) is 18.3. The fourth-order valence-corrected chi connectivity index (χ4v) is 5.18. The number of benzene rings is 1. The number of aromatic nitrogens is 6. The van der Waals surface area contributed by atoms with Gasteiger partial charge in [-0.25, -0.2) is 9.97 Å². The molecular weight excluding hydrogens is 404 g/mol. The molecule has 1 saturated heterocycles. The molecule has 166 valence electrons. The highest BCUT2D eigenvalue weighted by Crippen LogP contribution is 2.33. The third kappa shape index (κ3) is 3.61. The monoisotopic (exact) mass is 432 g/mol. The molecule has 2 fully saturated rings. The first-order valence-electron chi connectivity index (χ1n) is 11.5. The van der Waals surface area contributed by atoms with Gasteiger partial charge in [-0.05, 0) is 50.8 Å². The Morgan fingerprint density at radius 1 is 1.03 bits per heavy atom. The lowest BCUT2D eigenvalue weighted by atomic mass is 9.90. The van der Waals surface area contributed by atoms with E-state index in [0.717, 1.165) is 84.1 Å². The van der Waals surface area contributed by atoms with E-state index in [1.54, 1.807) is 6.33 Å². The number of fused-ring (bicyclic) bond motifs is 3. The molecule has 0 bridgehead atoms. The Morgan fingerprint density at radius 2 is 1.88 bits per heavy atom. The number of nitrogens with one attached hydrogen (secondary N) is 3. The van der Waals surface area contributed by atoms with Gasteiger partial charge in [-0.15, -0.1) is 10.2 Å². The number of H-pyrrole nitrogens is 2. The number of aromatic amines is 2. The summed E-state index contributed by atoms with van der Waals surface area (Å²) < 4.78 is 5.52. The molecule has 32 heavy (non-hydrogen) atoms. The van der Waals surface area contributed by atoms with Crippen LogP contribution in [0.15, 0.2) is 24.5 Å². The van der Waals surface area contributed by atoms with Crippen molar-refractivity contribution >= 4 is 27.8 Å². The van der Waals surface area contributed by atoms with Crippen molar-refractivity contribution in [1.29, 1.82) is 0 Å². The van der Waals surface area contributed by atoms with Crippen LogP contribution in [-0.2, 0) is 4.74 Å². The number of nitrogens with zero attached hydrogens (tertiary/aromatic N) is 5. The number of morpholine rings is 1. The van der Waals surface area contributed by atoms with Crippen LogP contribution in [0.1, 0.15) is 31.5 Å². The minimum absolute atomic E-state index is 0.426. The first-order chi connectivity index (χ1) is 15.7. The zero-order chi connectivity index (χ0) is 21.5. The van der Waals surface area contributed by atoms with E-state index in [1.807, 2.05) is 13.0 Å². The molecule has 0 unspecified atom stereocenters. The summed E-state index contributed by atoms with van der Waals surface area (Å²) in [5.74, 6) is 2.48. The lowest BCUT2D eigenvalue weighted by Crippen LogP contribution is -2.46. The lowest BCUT2D eigenvalue weighted by Gasteiger charge is -2.39. The Labute approximate surface area is 186 Å². The summed E-state index contributed by atoms with van der Waals surface area (Å²) in [7, 11) is 0. The average Bonchev–Trinajstić information content (AvgIpc) is 3.43. The molecule has 1 aliphatic heterocycles. The van der Waals surface area contributed by atoms with Crippen LogP contribution in [0.4, 0.5) is 5.82 Å². The number of hydrogen-bond donors (Lipinski definition) is 3. The van der Waals surface area contributed by atoms with Crippen molar-refractivity contribution in [3.05, 3.63) is 30.4 Å². The Balaban J connectivity index is 1.26. The Kier molecular flexibility index (Phi) is 4.99. The Hall–Kier alpha value is -3.04. The molecule has 0 radical (unpaired) electrons. The van der Waals surface area contributed by atoms with E-state index >= 15 is 0 Å². The third-order valence-electron chi connectivity index (χ3n) is 6.86. The maximum Gasteiger partial charge on any atom is 0.161 e. The molecule has 9 nitrogen and oxygen atoms in total. The minimum atomic E-state index is 0.426. The quantitative estimate of drug-likeness (QED) is 0.454. The molecule has 0 spiro atoms. The van der Waals surface area contributed by atoms with E-state index in [2.05, 4.69) is 52.5 Å². The average molecular weight is 433 g/mol. The van der Waals surface area contributed by atoms with Crippen LogP contribution in [0.5, 0.6) is 0 Å². The van der Waals surface area contributed by atoms with Crippen molar-refractivity contribution in [2.24, 2.45) is 0 Å². The Bertz CT molecular complexity index is 1230. The molecule has 6 rings (SSSR count). The second-order valence-electron chi connectivity index (χ2n) is 8.89. The van der Waals surface area contributed by atoms with Gasteiger partial charge < -0.3 is 20.0 Å². The van der Waals surface area contributed by atoms with E-state index < -0.39 is 0 Å². The third-order valence-corrected chi connectivity index (χ3v) is 6.86. The van der Waals surface area contributed by atoms with Gasteiger partial charge in [0.2, 0.25) is 0 Å². The molecule has 1 saturated carbocycles. The summed E-state index contributed by atoms with van der Waals surface area (Å²) in [6, 6.07) is 7.36. The number of anilines is 1. The molecule has 3 aromatic heterocycles. The van der Waals surface area contributed by atoms with E-state index in [-0.39, 0.29) is 0 Å². The maximum absolute atomic E-state index is 5.52. The van der Waals surface area contributed by atoms with Crippen molar-refractivity contribution in [2.75, 3.05) is 31.6 Å². The molecule has 0 atom stereocenters. The molecule has 9 heteroatoms. The second-order valence-corrected chi connectivity index (χ2v) is 8.89. The SMILES string of the molecule is Cc1nnc(-c2ccc3[nH]c4ncnc(N[C@H]5CC[C@H](N6CCOCC6)CC5)c4c3c2)[nH]1. The van der Waals surface area contributed by atoms with Gasteiger partial charge in [0, 0.05) is 41.6 Å². The van der Waals surface area contributed by atoms with Crippen molar-refractivity contribution in [3.8, 4) is 11.4 Å². The normalized spacial score (nSPS) is 22.5. The molecule has 0 amide bonds. The summed E-state index contributed by atoms with van der Waals surface area (Å²) >= 11 is 0. The van der Waals surface area contributed by atoms with Crippen molar-refractivity contribution in [3.63, 3.8) is 0 Å². The first kappa shape index (κ1) is 19.6. The summed E-state index contributed by atoms with van der Waals surface area (Å²) in [4.78, 5) is 18.4. The number of aryl methyl sites for hydroxylation is 1.